The van der Waals surface area contributed by atoms with E-state index in [0.717, 1.165) is 17.8 Å². The number of amides is 1. The zero-order chi connectivity index (χ0) is 12.8. The topological polar surface area (TPSA) is 66.6 Å². The average molecular weight is 236 g/mol. The highest BCUT2D eigenvalue weighted by molar-refractivity contribution is 5.79. The van der Waals surface area contributed by atoms with Crippen molar-refractivity contribution in [2.75, 3.05) is 18.0 Å². The molecule has 1 aromatic carbocycles. The van der Waals surface area contributed by atoms with Crippen LogP contribution in [0.1, 0.15) is 19.4 Å². The van der Waals surface area contributed by atoms with E-state index in [9.17, 15) is 4.79 Å². The second-order valence-corrected chi connectivity index (χ2v) is 4.57. The lowest BCUT2D eigenvalue weighted by Gasteiger charge is -2.25. The second-order valence-electron chi connectivity index (χ2n) is 4.57. The minimum atomic E-state index is -0.336. The van der Waals surface area contributed by atoms with Crippen molar-refractivity contribution in [1.29, 1.82) is 0 Å². The Bertz CT molecular complexity index is 360. The molecule has 1 rings (SSSR count). The number of nitrogens with zero attached hydrogens (tertiary/aromatic N) is 1. The molecule has 1 aromatic rings. The lowest BCUT2D eigenvalue weighted by molar-refractivity contribution is -0.116. The molecular weight excluding hydrogens is 216 g/mol. The van der Waals surface area contributed by atoms with Crippen LogP contribution in [0, 0.1) is 5.92 Å². The van der Waals surface area contributed by atoms with Gasteiger partial charge in [-0.15, -0.1) is 0 Å². The molecule has 0 radical (unpaired) electrons. The molecule has 0 unspecified atom stereocenters. The number of rotatable bonds is 6. The first-order chi connectivity index (χ1) is 8.02. The first kappa shape index (κ1) is 13.5. The van der Waals surface area contributed by atoms with E-state index in [-0.39, 0.29) is 19.1 Å². The minimum Gasteiger partial charge on any atom is -0.392 e. The van der Waals surface area contributed by atoms with E-state index in [0.29, 0.717) is 5.92 Å². The van der Waals surface area contributed by atoms with E-state index in [4.69, 9.17) is 10.8 Å². The van der Waals surface area contributed by atoms with E-state index in [1.807, 2.05) is 29.2 Å². The van der Waals surface area contributed by atoms with Crippen molar-refractivity contribution in [3.8, 4) is 0 Å². The lowest BCUT2D eigenvalue weighted by Crippen LogP contribution is -2.36. The second kappa shape index (κ2) is 6.25. The summed E-state index contributed by atoms with van der Waals surface area (Å²) in [7, 11) is 0. The summed E-state index contributed by atoms with van der Waals surface area (Å²) < 4.78 is 0. The van der Waals surface area contributed by atoms with Crippen molar-refractivity contribution < 1.29 is 9.90 Å². The first-order valence-electron chi connectivity index (χ1n) is 5.76. The van der Waals surface area contributed by atoms with Gasteiger partial charge in [0.15, 0.2) is 0 Å². The lowest BCUT2D eigenvalue weighted by atomic mass is 10.1. The van der Waals surface area contributed by atoms with E-state index in [1.165, 1.54) is 0 Å². The van der Waals surface area contributed by atoms with Crippen molar-refractivity contribution in [3.05, 3.63) is 29.8 Å². The van der Waals surface area contributed by atoms with Crippen molar-refractivity contribution in [2.24, 2.45) is 11.7 Å². The van der Waals surface area contributed by atoms with Gasteiger partial charge in [0.2, 0.25) is 5.91 Å². The molecule has 0 saturated carbocycles. The summed E-state index contributed by atoms with van der Waals surface area (Å²) in [5, 5.41) is 8.97. The maximum absolute atomic E-state index is 11.0. The van der Waals surface area contributed by atoms with Gasteiger partial charge in [-0.1, -0.05) is 26.0 Å². The quantitative estimate of drug-likeness (QED) is 0.778. The molecule has 94 valence electrons. The smallest absolute Gasteiger partial charge is 0.236 e. The fourth-order valence-electron chi connectivity index (χ4n) is 1.70. The highest BCUT2D eigenvalue weighted by Gasteiger charge is 2.11. The van der Waals surface area contributed by atoms with Crippen LogP contribution in [0.4, 0.5) is 5.69 Å². The van der Waals surface area contributed by atoms with Gasteiger partial charge in [-0.25, -0.2) is 0 Å². The fourth-order valence-corrected chi connectivity index (χ4v) is 1.70. The van der Waals surface area contributed by atoms with Gasteiger partial charge in [-0.05, 0) is 23.6 Å². The SMILES string of the molecule is CC(C)CN(CC(N)=O)c1ccc(CO)cc1. The highest BCUT2D eigenvalue weighted by Crippen LogP contribution is 2.16. The monoisotopic (exact) mass is 236 g/mol. The van der Waals surface area contributed by atoms with Crippen LogP contribution in [-0.2, 0) is 11.4 Å². The Morgan fingerprint density at radius 1 is 1.35 bits per heavy atom. The molecular formula is C13H20N2O2. The number of aliphatic hydroxyl groups excluding tert-OH is 1. The molecule has 0 atom stereocenters. The number of carbonyl (C=O) groups excluding carboxylic acids is 1. The summed E-state index contributed by atoms with van der Waals surface area (Å²) in [5.41, 5.74) is 7.05. The third-order valence-electron chi connectivity index (χ3n) is 2.42. The molecule has 0 aliphatic heterocycles. The molecule has 0 aromatic heterocycles. The molecule has 4 nitrogen and oxygen atoms in total. The Morgan fingerprint density at radius 2 is 1.94 bits per heavy atom. The van der Waals surface area contributed by atoms with Crippen LogP contribution in [0.15, 0.2) is 24.3 Å². The van der Waals surface area contributed by atoms with Gasteiger partial charge < -0.3 is 15.7 Å². The third-order valence-corrected chi connectivity index (χ3v) is 2.42. The zero-order valence-corrected chi connectivity index (χ0v) is 10.4. The van der Waals surface area contributed by atoms with Gasteiger partial charge in [-0.2, -0.15) is 0 Å². The van der Waals surface area contributed by atoms with Crippen molar-refractivity contribution in [3.63, 3.8) is 0 Å². The molecule has 0 aliphatic carbocycles. The molecule has 4 heteroatoms. The molecule has 0 aliphatic rings. The van der Waals surface area contributed by atoms with Gasteiger partial charge in [0, 0.05) is 12.2 Å². The molecule has 0 spiro atoms. The van der Waals surface area contributed by atoms with Gasteiger partial charge in [0.1, 0.15) is 0 Å². The molecule has 0 fully saturated rings. The van der Waals surface area contributed by atoms with Crippen molar-refractivity contribution in [2.45, 2.75) is 20.5 Å². The normalized spacial score (nSPS) is 10.6. The van der Waals surface area contributed by atoms with Crippen molar-refractivity contribution in [1.82, 2.24) is 0 Å². The van der Waals surface area contributed by atoms with E-state index in [1.54, 1.807) is 0 Å². The number of carbonyl (C=O) groups is 1. The molecule has 3 N–H and O–H groups in total. The number of aliphatic hydroxyl groups is 1. The number of hydrogen-bond acceptors (Lipinski definition) is 3. The Morgan fingerprint density at radius 3 is 2.35 bits per heavy atom. The Balaban J connectivity index is 2.83. The maximum Gasteiger partial charge on any atom is 0.236 e. The van der Waals surface area contributed by atoms with Crippen LogP contribution in [0.5, 0.6) is 0 Å². The number of anilines is 1. The Labute approximate surface area is 102 Å². The summed E-state index contributed by atoms with van der Waals surface area (Å²) in [6.07, 6.45) is 0. The van der Waals surface area contributed by atoms with Gasteiger partial charge in [0.25, 0.3) is 0 Å². The van der Waals surface area contributed by atoms with E-state index < -0.39 is 0 Å². The van der Waals surface area contributed by atoms with Crippen molar-refractivity contribution >= 4 is 11.6 Å². The number of nitrogens with two attached hydrogens (primary N) is 1. The number of hydrogen-bond donors (Lipinski definition) is 2. The molecule has 0 bridgehead atoms. The highest BCUT2D eigenvalue weighted by atomic mass is 16.3. The third kappa shape index (κ3) is 4.44. The molecule has 1 amide bonds. The summed E-state index contributed by atoms with van der Waals surface area (Å²) >= 11 is 0. The van der Waals surface area contributed by atoms with Crippen LogP contribution in [-0.4, -0.2) is 24.1 Å². The van der Waals surface area contributed by atoms with Crippen LogP contribution >= 0.6 is 0 Å². The van der Waals surface area contributed by atoms with E-state index in [2.05, 4.69) is 13.8 Å². The summed E-state index contributed by atoms with van der Waals surface area (Å²) in [5.74, 6) is 0.115. The summed E-state index contributed by atoms with van der Waals surface area (Å²) in [6, 6.07) is 7.50. The van der Waals surface area contributed by atoms with Crippen LogP contribution in [0.3, 0.4) is 0 Å². The molecule has 0 saturated heterocycles. The predicted octanol–water partition coefficient (Wildman–Crippen LogP) is 1.13. The number of primary amides is 1. The molecule has 17 heavy (non-hydrogen) atoms. The first-order valence-corrected chi connectivity index (χ1v) is 5.76. The summed E-state index contributed by atoms with van der Waals surface area (Å²) in [6.45, 7) is 5.21. The molecule has 0 heterocycles. The van der Waals surface area contributed by atoms with Gasteiger partial charge in [-0.3, -0.25) is 4.79 Å². The average Bonchev–Trinajstić information content (AvgIpc) is 2.27. The van der Waals surface area contributed by atoms with Gasteiger partial charge in [0.05, 0.1) is 13.2 Å². The van der Waals surface area contributed by atoms with E-state index >= 15 is 0 Å². The Kier molecular flexibility index (Phi) is 4.97. The largest absolute Gasteiger partial charge is 0.392 e. The number of benzene rings is 1. The van der Waals surface area contributed by atoms with Gasteiger partial charge >= 0.3 is 0 Å². The summed E-state index contributed by atoms with van der Waals surface area (Å²) in [4.78, 5) is 13.0. The maximum atomic E-state index is 11.0. The van der Waals surface area contributed by atoms with Crippen LogP contribution in [0.25, 0.3) is 0 Å². The van der Waals surface area contributed by atoms with Crippen LogP contribution < -0.4 is 10.6 Å². The van der Waals surface area contributed by atoms with Crippen LogP contribution in [0.2, 0.25) is 0 Å². The minimum absolute atomic E-state index is 0.0281. The Hall–Kier alpha value is -1.55. The predicted molar refractivity (Wildman–Crippen MR) is 68.6 cm³/mol. The zero-order valence-electron chi connectivity index (χ0n) is 10.4. The standard InChI is InChI=1S/C13H20N2O2/c1-10(2)7-15(8-13(14)17)12-5-3-11(9-16)4-6-12/h3-6,10,16H,7-9H2,1-2H3,(H2,14,17). The fraction of sp³-hybridized carbons (Fsp3) is 0.462.